The average molecular weight is 308 g/mol. The van der Waals surface area contributed by atoms with Crippen LogP contribution in [-0.4, -0.2) is 31.1 Å². The van der Waals surface area contributed by atoms with Crippen LogP contribution in [0.1, 0.15) is 17.0 Å². The van der Waals surface area contributed by atoms with Gasteiger partial charge in [-0.2, -0.15) is 0 Å². The molecule has 0 aliphatic rings. The van der Waals surface area contributed by atoms with E-state index in [1.165, 1.54) is 6.33 Å². The second kappa shape index (κ2) is 6.78. The number of nitrogens with one attached hydrogen (secondary N) is 1. The zero-order valence-electron chi connectivity index (χ0n) is 12.7. The van der Waals surface area contributed by atoms with Gasteiger partial charge in [0, 0.05) is 5.69 Å². The minimum absolute atomic E-state index is 0.0384. The molecule has 7 nitrogen and oxygen atoms in total. The van der Waals surface area contributed by atoms with E-state index in [4.69, 9.17) is 0 Å². The van der Waals surface area contributed by atoms with Crippen molar-refractivity contribution in [2.75, 3.05) is 0 Å². The summed E-state index contributed by atoms with van der Waals surface area (Å²) in [5.41, 5.74) is 3.57. The number of rotatable bonds is 5. The van der Waals surface area contributed by atoms with Gasteiger partial charge in [0.15, 0.2) is 0 Å². The first-order valence-corrected chi connectivity index (χ1v) is 7.22. The molecule has 0 spiro atoms. The van der Waals surface area contributed by atoms with Crippen LogP contribution in [0.2, 0.25) is 0 Å². The highest BCUT2D eigenvalue weighted by Gasteiger charge is 2.05. The number of amides is 1. The van der Waals surface area contributed by atoms with Crippen molar-refractivity contribution in [2.24, 2.45) is 0 Å². The first kappa shape index (κ1) is 14.8. The number of carbonyl (C=O) groups excluding carboxylic acids is 1. The van der Waals surface area contributed by atoms with Gasteiger partial charge in [-0.25, -0.2) is 4.68 Å². The summed E-state index contributed by atoms with van der Waals surface area (Å²) in [6.45, 7) is 2.36. The van der Waals surface area contributed by atoms with Crippen LogP contribution < -0.4 is 5.32 Å². The van der Waals surface area contributed by atoms with E-state index in [1.54, 1.807) is 4.68 Å². The fourth-order valence-electron chi connectivity index (χ4n) is 2.18. The van der Waals surface area contributed by atoms with Crippen LogP contribution >= 0.6 is 0 Å². The molecule has 0 unspecified atom stereocenters. The number of aryl methyl sites for hydroxylation is 1. The van der Waals surface area contributed by atoms with E-state index < -0.39 is 0 Å². The largest absolute Gasteiger partial charge is 0.350 e. The van der Waals surface area contributed by atoms with E-state index in [0.29, 0.717) is 13.0 Å². The fraction of sp³-hybridized carbons (Fsp3) is 0.188. The number of hydrogen-bond acceptors (Lipinski definition) is 5. The molecule has 3 aromatic rings. The van der Waals surface area contributed by atoms with E-state index in [-0.39, 0.29) is 5.91 Å². The zero-order valence-corrected chi connectivity index (χ0v) is 12.7. The number of carbonyl (C=O) groups is 1. The summed E-state index contributed by atoms with van der Waals surface area (Å²) >= 11 is 0. The zero-order chi connectivity index (χ0) is 16.1. The molecular weight excluding hydrogens is 292 g/mol. The molecule has 0 saturated heterocycles. The number of pyridine rings is 1. The lowest BCUT2D eigenvalue weighted by molar-refractivity contribution is -0.120. The van der Waals surface area contributed by atoms with Gasteiger partial charge in [-0.1, -0.05) is 18.2 Å². The van der Waals surface area contributed by atoms with Crippen LogP contribution in [0.3, 0.4) is 0 Å². The summed E-state index contributed by atoms with van der Waals surface area (Å²) < 4.78 is 1.56. The summed E-state index contributed by atoms with van der Waals surface area (Å²) in [6, 6.07) is 13.3. The van der Waals surface area contributed by atoms with E-state index >= 15 is 0 Å². The molecule has 0 aliphatic carbocycles. The van der Waals surface area contributed by atoms with E-state index in [0.717, 1.165) is 22.6 Å². The van der Waals surface area contributed by atoms with Crippen LogP contribution in [-0.2, 0) is 17.8 Å². The first-order chi connectivity index (χ1) is 11.2. The second-order valence-electron chi connectivity index (χ2n) is 5.14. The van der Waals surface area contributed by atoms with Crippen molar-refractivity contribution in [3.05, 3.63) is 65.7 Å². The lowest BCUT2D eigenvalue weighted by Crippen LogP contribution is -2.25. The summed E-state index contributed by atoms with van der Waals surface area (Å²) in [6.07, 6.45) is 1.85. The van der Waals surface area contributed by atoms with Gasteiger partial charge in [-0.3, -0.25) is 9.78 Å². The molecule has 1 aromatic carbocycles. The Hall–Kier alpha value is -3.09. The van der Waals surface area contributed by atoms with Crippen molar-refractivity contribution >= 4 is 5.91 Å². The maximum atomic E-state index is 12.0. The molecule has 1 amide bonds. The molecule has 3 rings (SSSR count). The molecule has 0 bridgehead atoms. The van der Waals surface area contributed by atoms with Gasteiger partial charge in [-0.15, -0.1) is 5.10 Å². The second-order valence-corrected chi connectivity index (χ2v) is 5.14. The summed E-state index contributed by atoms with van der Waals surface area (Å²) in [7, 11) is 0. The molecule has 7 heteroatoms. The van der Waals surface area contributed by atoms with Crippen molar-refractivity contribution in [3.8, 4) is 5.69 Å². The SMILES string of the molecule is Cc1cccc(CNC(=O)Cc2ccc(-n3cnnn3)cc2)n1. The van der Waals surface area contributed by atoms with Crippen molar-refractivity contribution in [1.29, 1.82) is 0 Å². The maximum absolute atomic E-state index is 12.0. The Bertz CT molecular complexity index is 783. The molecule has 0 atom stereocenters. The van der Waals surface area contributed by atoms with Crippen LogP contribution in [0.4, 0.5) is 0 Å². The molecule has 2 heterocycles. The third-order valence-electron chi connectivity index (χ3n) is 3.33. The summed E-state index contributed by atoms with van der Waals surface area (Å²) in [4.78, 5) is 16.4. The van der Waals surface area contributed by atoms with Crippen molar-refractivity contribution in [2.45, 2.75) is 19.9 Å². The predicted molar refractivity (Wildman–Crippen MR) is 83.7 cm³/mol. The third-order valence-corrected chi connectivity index (χ3v) is 3.33. The molecule has 0 radical (unpaired) electrons. The third kappa shape index (κ3) is 3.97. The molecule has 2 aromatic heterocycles. The van der Waals surface area contributed by atoms with Crippen LogP contribution in [0.5, 0.6) is 0 Å². The monoisotopic (exact) mass is 308 g/mol. The Morgan fingerprint density at radius 2 is 2.00 bits per heavy atom. The maximum Gasteiger partial charge on any atom is 0.224 e. The van der Waals surface area contributed by atoms with Gasteiger partial charge in [0.1, 0.15) is 6.33 Å². The normalized spacial score (nSPS) is 10.5. The van der Waals surface area contributed by atoms with Gasteiger partial charge in [0.05, 0.1) is 24.3 Å². The van der Waals surface area contributed by atoms with Crippen LogP contribution in [0.25, 0.3) is 5.69 Å². The molecule has 0 saturated carbocycles. The highest BCUT2D eigenvalue weighted by Crippen LogP contribution is 2.08. The average Bonchev–Trinajstić information content (AvgIpc) is 3.08. The Morgan fingerprint density at radius 3 is 2.70 bits per heavy atom. The minimum Gasteiger partial charge on any atom is -0.350 e. The minimum atomic E-state index is -0.0384. The number of aromatic nitrogens is 5. The van der Waals surface area contributed by atoms with Gasteiger partial charge in [0.2, 0.25) is 5.91 Å². The predicted octanol–water partition coefficient (Wildman–Crippen LogP) is 1.22. The number of benzene rings is 1. The van der Waals surface area contributed by atoms with E-state index in [1.807, 2.05) is 49.4 Å². The van der Waals surface area contributed by atoms with Crippen molar-refractivity contribution in [3.63, 3.8) is 0 Å². The van der Waals surface area contributed by atoms with Crippen molar-refractivity contribution in [1.82, 2.24) is 30.5 Å². The molecular formula is C16H16N6O. The highest BCUT2D eigenvalue weighted by molar-refractivity contribution is 5.78. The Kier molecular flexibility index (Phi) is 4.37. The summed E-state index contributed by atoms with van der Waals surface area (Å²) in [5, 5.41) is 13.9. The Labute approximate surface area is 133 Å². The standard InChI is InChI=1S/C16H16N6O/c1-12-3-2-4-14(19-12)10-17-16(23)9-13-5-7-15(8-6-13)22-11-18-20-21-22/h2-8,11H,9-10H2,1H3,(H,17,23). The highest BCUT2D eigenvalue weighted by atomic mass is 16.1. The van der Waals surface area contributed by atoms with Crippen LogP contribution in [0, 0.1) is 6.92 Å². The molecule has 0 aliphatic heterocycles. The van der Waals surface area contributed by atoms with Crippen LogP contribution in [0.15, 0.2) is 48.8 Å². The molecule has 0 fully saturated rings. The fourth-order valence-corrected chi connectivity index (χ4v) is 2.18. The van der Waals surface area contributed by atoms with Gasteiger partial charge < -0.3 is 5.32 Å². The first-order valence-electron chi connectivity index (χ1n) is 7.22. The number of hydrogen-bond donors (Lipinski definition) is 1. The smallest absolute Gasteiger partial charge is 0.224 e. The number of tetrazole rings is 1. The topological polar surface area (TPSA) is 85.6 Å². The lowest BCUT2D eigenvalue weighted by atomic mass is 10.1. The lowest BCUT2D eigenvalue weighted by Gasteiger charge is -2.06. The van der Waals surface area contributed by atoms with Gasteiger partial charge in [0.25, 0.3) is 0 Å². The van der Waals surface area contributed by atoms with Gasteiger partial charge in [-0.05, 0) is 47.2 Å². The van der Waals surface area contributed by atoms with Gasteiger partial charge >= 0.3 is 0 Å². The van der Waals surface area contributed by atoms with E-state index in [2.05, 4.69) is 25.8 Å². The molecule has 1 N–H and O–H groups in total. The Morgan fingerprint density at radius 1 is 1.17 bits per heavy atom. The summed E-state index contributed by atoms with van der Waals surface area (Å²) in [5.74, 6) is -0.0384. The molecule has 23 heavy (non-hydrogen) atoms. The Balaban J connectivity index is 1.55. The quantitative estimate of drug-likeness (QED) is 0.766. The molecule has 116 valence electrons. The van der Waals surface area contributed by atoms with E-state index in [9.17, 15) is 4.79 Å². The number of nitrogens with zero attached hydrogens (tertiary/aromatic N) is 5. The van der Waals surface area contributed by atoms with Crippen molar-refractivity contribution < 1.29 is 4.79 Å².